The van der Waals surface area contributed by atoms with E-state index in [0.29, 0.717) is 12.5 Å². The number of methoxy groups -OCH3 is 1. The number of nitrogens with zero attached hydrogens (tertiary/aromatic N) is 3. The summed E-state index contributed by atoms with van der Waals surface area (Å²) in [5.74, 6) is 1.72. The lowest BCUT2D eigenvalue weighted by molar-refractivity contribution is -0.128. The highest BCUT2D eigenvalue weighted by atomic mass is 16.5. The first kappa shape index (κ1) is 15.9. The zero-order chi connectivity index (χ0) is 17.3. The van der Waals surface area contributed by atoms with Crippen LogP contribution < -0.4 is 15.0 Å². The summed E-state index contributed by atoms with van der Waals surface area (Å²) < 4.78 is 5.19. The molecule has 0 saturated carbocycles. The van der Waals surface area contributed by atoms with Crippen LogP contribution in [0, 0.1) is 5.41 Å². The van der Waals surface area contributed by atoms with Crippen LogP contribution in [0.25, 0.3) is 11.1 Å². The van der Waals surface area contributed by atoms with Gasteiger partial charge < -0.3 is 15.0 Å². The van der Waals surface area contributed by atoms with Crippen LogP contribution in [-0.2, 0) is 4.79 Å². The quantitative estimate of drug-likeness (QED) is 0.930. The minimum absolute atomic E-state index is 0.187. The second-order valence-electron chi connectivity index (χ2n) is 6.81. The summed E-state index contributed by atoms with van der Waals surface area (Å²) in [5, 5.41) is 2.98. The van der Waals surface area contributed by atoms with Crippen molar-refractivity contribution in [2.24, 2.45) is 5.41 Å². The highest BCUT2D eigenvalue weighted by molar-refractivity contribution is 5.85. The normalized spacial score (nSPS) is 22.9. The molecule has 2 fully saturated rings. The van der Waals surface area contributed by atoms with Crippen LogP contribution >= 0.6 is 0 Å². The average molecular weight is 338 g/mol. The summed E-state index contributed by atoms with van der Waals surface area (Å²) in [7, 11) is 1.66. The van der Waals surface area contributed by atoms with E-state index in [-0.39, 0.29) is 11.3 Å². The van der Waals surface area contributed by atoms with Crippen LogP contribution in [0.4, 0.5) is 5.95 Å². The third-order valence-electron chi connectivity index (χ3n) is 5.29. The van der Waals surface area contributed by atoms with Crippen molar-refractivity contribution < 1.29 is 9.53 Å². The lowest BCUT2D eigenvalue weighted by Crippen LogP contribution is -2.47. The monoisotopic (exact) mass is 338 g/mol. The van der Waals surface area contributed by atoms with E-state index < -0.39 is 0 Å². The number of hydrogen-bond acceptors (Lipinski definition) is 5. The van der Waals surface area contributed by atoms with Gasteiger partial charge in [-0.25, -0.2) is 9.97 Å². The third-order valence-corrected chi connectivity index (χ3v) is 5.29. The predicted octanol–water partition coefficient (Wildman–Crippen LogP) is 2.26. The number of hydrogen-bond donors (Lipinski definition) is 1. The largest absolute Gasteiger partial charge is 0.497 e. The zero-order valence-electron chi connectivity index (χ0n) is 14.4. The molecule has 1 N–H and O–H groups in total. The molecule has 6 nitrogen and oxygen atoms in total. The Kier molecular flexibility index (Phi) is 4.03. The van der Waals surface area contributed by atoms with Gasteiger partial charge in [-0.1, -0.05) is 12.1 Å². The molecule has 2 aromatic rings. The number of carbonyl (C=O) groups excluding carboxylic acids is 1. The number of carbonyl (C=O) groups is 1. The van der Waals surface area contributed by atoms with Crippen LogP contribution in [0.3, 0.4) is 0 Å². The van der Waals surface area contributed by atoms with Crippen molar-refractivity contribution in [3.8, 4) is 16.9 Å². The first-order valence-corrected chi connectivity index (χ1v) is 8.70. The van der Waals surface area contributed by atoms with Crippen molar-refractivity contribution in [2.75, 3.05) is 31.6 Å². The number of ether oxygens (including phenoxy) is 1. The number of anilines is 1. The van der Waals surface area contributed by atoms with Gasteiger partial charge in [0, 0.05) is 37.6 Å². The molecule has 2 aliphatic heterocycles. The Morgan fingerprint density at radius 3 is 2.52 bits per heavy atom. The lowest BCUT2D eigenvalue weighted by Gasteiger charge is -2.38. The van der Waals surface area contributed by atoms with E-state index in [4.69, 9.17) is 4.74 Å². The fourth-order valence-electron chi connectivity index (χ4n) is 3.83. The van der Waals surface area contributed by atoms with E-state index in [1.54, 1.807) is 7.11 Å². The second kappa shape index (κ2) is 6.35. The fourth-order valence-corrected chi connectivity index (χ4v) is 3.83. The molecule has 1 atom stereocenters. The summed E-state index contributed by atoms with van der Waals surface area (Å²) in [4.78, 5) is 23.5. The maximum Gasteiger partial charge on any atom is 0.228 e. The van der Waals surface area contributed by atoms with Gasteiger partial charge in [-0.3, -0.25) is 4.79 Å². The van der Waals surface area contributed by atoms with Crippen LogP contribution in [0.5, 0.6) is 5.75 Å². The van der Waals surface area contributed by atoms with Gasteiger partial charge >= 0.3 is 0 Å². The minimum atomic E-state index is -0.254. The molecule has 1 aromatic heterocycles. The van der Waals surface area contributed by atoms with Gasteiger partial charge in [-0.2, -0.15) is 0 Å². The van der Waals surface area contributed by atoms with Crippen LogP contribution in [0.1, 0.15) is 19.3 Å². The van der Waals surface area contributed by atoms with Crippen molar-refractivity contribution in [1.29, 1.82) is 0 Å². The van der Waals surface area contributed by atoms with Crippen molar-refractivity contribution in [3.63, 3.8) is 0 Å². The zero-order valence-corrected chi connectivity index (χ0v) is 14.4. The maximum absolute atomic E-state index is 12.2. The maximum atomic E-state index is 12.2. The van der Waals surface area contributed by atoms with Crippen molar-refractivity contribution in [3.05, 3.63) is 36.7 Å². The number of nitrogens with one attached hydrogen (secondary N) is 1. The fraction of sp³-hybridized carbons (Fsp3) is 0.421. The molecule has 1 unspecified atom stereocenters. The minimum Gasteiger partial charge on any atom is -0.497 e. The van der Waals surface area contributed by atoms with Crippen molar-refractivity contribution >= 4 is 11.9 Å². The van der Waals surface area contributed by atoms with E-state index >= 15 is 0 Å². The molecule has 4 rings (SSSR count). The molecule has 6 heteroatoms. The van der Waals surface area contributed by atoms with Gasteiger partial charge in [0.05, 0.1) is 12.5 Å². The topological polar surface area (TPSA) is 67.3 Å². The Labute approximate surface area is 147 Å². The van der Waals surface area contributed by atoms with Gasteiger partial charge in [-0.05, 0) is 37.0 Å². The SMILES string of the molecule is COc1ccc(-c2cnc(N3CCCC4(CCNC4=O)C3)nc2)cc1. The smallest absolute Gasteiger partial charge is 0.228 e. The number of benzene rings is 1. The highest BCUT2D eigenvalue weighted by Crippen LogP contribution is 2.37. The molecule has 25 heavy (non-hydrogen) atoms. The Morgan fingerprint density at radius 2 is 1.88 bits per heavy atom. The number of amides is 1. The van der Waals surface area contributed by atoms with Crippen molar-refractivity contribution in [1.82, 2.24) is 15.3 Å². The first-order valence-electron chi connectivity index (χ1n) is 8.70. The Morgan fingerprint density at radius 1 is 1.12 bits per heavy atom. The highest BCUT2D eigenvalue weighted by Gasteiger charge is 2.45. The average Bonchev–Trinajstić information content (AvgIpc) is 3.01. The van der Waals surface area contributed by atoms with E-state index in [1.807, 2.05) is 36.7 Å². The Hall–Kier alpha value is -2.63. The van der Waals surface area contributed by atoms with Gasteiger partial charge in [-0.15, -0.1) is 0 Å². The third kappa shape index (κ3) is 2.92. The summed E-state index contributed by atoms with van der Waals surface area (Å²) >= 11 is 0. The molecule has 3 heterocycles. The van der Waals surface area contributed by atoms with E-state index in [1.165, 1.54) is 0 Å². The number of rotatable bonds is 3. The van der Waals surface area contributed by atoms with E-state index in [0.717, 1.165) is 49.2 Å². The molecule has 130 valence electrons. The first-order chi connectivity index (χ1) is 12.2. The van der Waals surface area contributed by atoms with E-state index in [9.17, 15) is 4.79 Å². The molecular formula is C19H22N4O2. The van der Waals surface area contributed by atoms with Crippen LogP contribution in [0.15, 0.2) is 36.7 Å². The molecule has 0 aliphatic carbocycles. The molecule has 0 bridgehead atoms. The van der Waals surface area contributed by atoms with Crippen LogP contribution in [0.2, 0.25) is 0 Å². The summed E-state index contributed by atoms with van der Waals surface area (Å²) in [5.41, 5.74) is 1.77. The summed E-state index contributed by atoms with van der Waals surface area (Å²) in [6.07, 6.45) is 6.56. The summed E-state index contributed by atoms with van der Waals surface area (Å²) in [6.45, 7) is 2.39. The van der Waals surface area contributed by atoms with Gasteiger partial charge in [0.1, 0.15) is 5.75 Å². The Balaban J connectivity index is 1.52. The standard InChI is InChI=1S/C19H22N4O2/c1-25-16-5-3-14(4-6-16)15-11-21-18(22-12-15)23-10-2-7-19(13-23)8-9-20-17(19)24/h3-6,11-12H,2,7-10,13H2,1H3,(H,20,24). The Bertz CT molecular complexity index is 760. The predicted molar refractivity (Wildman–Crippen MR) is 95.5 cm³/mol. The lowest BCUT2D eigenvalue weighted by atomic mass is 9.78. The molecular weight excluding hydrogens is 316 g/mol. The van der Waals surface area contributed by atoms with Gasteiger partial charge in [0.15, 0.2) is 0 Å². The summed E-state index contributed by atoms with van der Waals surface area (Å²) in [6, 6.07) is 7.85. The molecule has 1 amide bonds. The van der Waals surface area contributed by atoms with E-state index in [2.05, 4.69) is 20.2 Å². The van der Waals surface area contributed by atoms with Gasteiger partial charge in [0.2, 0.25) is 11.9 Å². The second-order valence-corrected chi connectivity index (χ2v) is 6.81. The molecule has 2 saturated heterocycles. The van der Waals surface area contributed by atoms with Gasteiger partial charge in [0.25, 0.3) is 0 Å². The molecule has 1 spiro atoms. The molecule has 2 aliphatic rings. The molecule has 0 radical (unpaired) electrons. The molecule has 1 aromatic carbocycles. The number of piperidine rings is 1. The number of aromatic nitrogens is 2. The van der Waals surface area contributed by atoms with Crippen molar-refractivity contribution in [2.45, 2.75) is 19.3 Å². The van der Waals surface area contributed by atoms with Crippen LogP contribution in [-0.4, -0.2) is 42.6 Å².